The second-order valence-corrected chi connectivity index (χ2v) is 5.47. The molecule has 0 saturated carbocycles. The molecule has 0 aliphatic rings. The molecule has 0 radical (unpaired) electrons. The predicted octanol–water partition coefficient (Wildman–Crippen LogP) is 1.83. The van der Waals surface area contributed by atoms with Crippen LogP contribution in [0, 0.1) is 22.9 Å². The monoisotopic (exact) mass is 301 g/mol. The van der Waals surface area contributed by atoms with Gasteiger partial charge in [0.1, 0.15) is 6.26 Å². The molecule has 0 amide bonds. The van der Waals surface area contributed by atoms with E-state index >= 15 is 0 Å². The smallest absolute Gasteiger partial charge is 0.306 e. The van der Waals surface area contributed by atoms with Gasteiger partial charge in [-0.3, -0.25) is 14.8 Å². The summed E-state index contributed by atoms with van der Waals surface area (Å²) in [6.45, 7) is 1.32. The first-order valence-electron chi connectivity index (χ1n) is 5.19. The lowest BCUT2D eigenvalue weighted by molar-refractivity contribution is -0.387. The van der Waals surface area contributed by atoms with E-state index in [1.807, 2.05) is 0 Å². The van der Waals surface area contributed by atoms with Gasteiger partial charge in [0.15, 0.2) is 5.82 Å². The zero-order valence-corrected chi connectivity index (χ0v) is 10.8. The number of sulfonamides is 1. The van der Waals surface area contributed by atoms with Crippen LogP contribution >= 0.6 is 0 Å². The lowest BCUT2D eigenvalue weighted by Gasteiger charge is -2.08. The largest absolute Gasteiger partial charge is 0.363 e. The number of halogens is 1. The SMILES string of the molecule is Cc1cc(F)c([N+](=O)[O-])cc1S(=O)(=O)Nc1ccon1. The zero-order valence-electron chi connectivity index (χ0n) is 10.0. The summed E-state index contributed by atoms with van der Waals surface area (Å²) < 4.78 is 44.0. The molecule has 0 unspecified atom stereocenters. The molecule has 8 nitrogen and oxygen atoms in total. The molecule has 10 heteroatoms. The van der Waals surface area contributed by atoms with Crippen LogP contribution in [-0.4, -0.2) is 18.5 Å². The van der Waals surface area contributed by atoms with Gasteiger partial charge in [0.25, 0.3) is 10.0 Å². The minimum atomic E-state index is -4.13. The summed E-state index contributed by atoms with van der Waals surface area (Å²) >= 11 is 0. The van der Waals surface area contributed by atoms with Crippen molar-refractivity contribution in [3.63, 3.8) is 0 Å². The molecular weight excluding hydrogens is 293 g/mol. The Morgan fingerprint density at radius 2 is 2.15 bits per heavy atom. The Labute approximate surface area is 112 Å². The quantitative estimate of drug-likeness (QED) is 0.680. The number of anilines is 1. The number of nitro benzene ring substituents is 1. The highest BCUT2D eigenvalue weighted by atomic mass is 32.2. The average molecular weight is 301 g/mol. The van der Waals surface area contributed by atoms with E-state index < -0.39 is 31.3 Å². The molecule has 20 heavy (non-hydrogen) atoms. The third-order valence-electron chi connectivity index (χ3n) is 2.41. The predicted molar refractivity (Wildman–Crippen MR) is 65.1 cm³/mol. The first kappa shape index (κ1) is 13.9. The van der Waals surface area contributed by atoms with Gasteiger partial charge in [-0.1, -0.05) is 5.16 Å². The average Bonchev–Trinajstić information content (AvgIpc) is 2.79. The number of aromatic nitrogens is 1. The number of nitrogens with zero attached hydrogens (tertiary/aromatic N) is 2. The summed E-state index contributed by atoms with van der Waals surface area (Å²) in [7, 11) is -4.13. The Morgan fingerprint density at radius 1 is 1.45 bits per heavy atom. The first-order valence-corrected chi connectivity index (χ1v) is 6.67. The van der Waals surface area contributed by atoms with Gasteiger partial charge in [-0.25, -0.2) is 8.42 Å². The molecule has 0 aliphatic heterocycles. The maximum absolute atomic E-state index is 13.4. The molecule has 1 heterocycles. The highest BCUT2D eigenvalue weighted by Crippen LogP contribution is 2.26. The third-order valence-corrected chi connectivity index (χ3v) is 3.90. The number of hydrogen-bond acceptors (Lipinski definition) is 6. The third kappa shape index (κ3) is 2.59. The van der Waals surface area contributed by atoms with Crippen LogP contribution in [0.4, 0.5) is 15.9 Å². The normalized spacial score (nSPS) is 11.3. The van der Waals surface area contributed by atoms with Crippen molar-refractivity contribution >= 4 is 21.5 Å². The summed E-state index contributed by atoms with van der Waals surface area (Å²) in [4.78, 5) is 9.25. The van der Waals surface area contributed by atoms with Crippen molar-refractivity contribution in [2.45, 2.75) is 11.8 Å². The number of benzene rings is 1. The van der Waals surface area contributed by atoms with Crippen molar-refractivity contribution in [2.24, 2.45) is 0 Å². The Bertz CT molecular complexity index is 757. The van der Waals surface area contributed by atoms with E-state index in [0.29, 0.717) is 6.07 Å². The summed E-state index contributed by atoms with van der Waals surface area (Å²) in [5.74, 6) is -1.19. The first-order chi connectivity index (χ1) is 9.31. The van der Waals surface area contributed by atoms with Crippen LogP contribution in [0.1, 0.15) is 5.56 Å². The number of nitrogens with one attached hydrogen (secondary N) is 1. The molecule has 1 aromatic heterocycles. The molecule has 2 rings (SSSR count). The van der Waals surface area contributed by atoms with Crippen LogP contribution < -0.4 is 4.72 Å². The molecule has 0 spiro atoms. The number of rotatable bonds is 4. The van der Waals surface area contributed by atoms with Crippen molar-refractivity contribution in [1.82, 2.24) is 5.16 Å². The molecule has 2 aromatic rings. The molecule has 106 valence electrons. The van der Waals surface area contributed by atoms with Crippen LogP contribution in [0.3, 0.4) is 0 Å². The van der Waals surface area contributed by atoms with Crippen LogP contribution in [-0.2, 0) is 10.0 Å². The molecule has 0 bridgehead atoms. The number of hydrogen-bond donors (Lipinski definition) is 1. The molecule has 0 aliphatic carbocycles. The molecule has 1 N–H and O–H groups in total. The highest BCUT2D eigenvalue weighted by Gasteiger charge is 2.25. The van der Waals surface area contributed by atoms with Crippen molar-refractivity contribution in [1.29, 1.82) is 0 Å². The Morgan fingerprint density at radius 3 is 2.70 bits per heavy atom. The zero-order chi connectivity index (χ0) is 14.9. The van der Waals surface area contributed by atoms with E-state index in [1.54, 1.807) is 0 Å². The van der Waals surface area contributed by atoms with Gasteiger partial charge in [-0.15, -0.1) is 0 Å². The van der Waals surface area contributed by atoms with Gasteiger partial charge in [0, 0.05) is 12.1 Å². The van der Waals surface area contributed by atoms with Gasteiger partial charge in [0.2, 0.25) is 5.82 Å². The molecular formula is C10H8FN3O5S. The van der Waals surface area contributed by atoms with E-state index in [9.17, 15) is 22.9 Å². The highest BCUT2D eigenvalue weighted by molar-refractivity contribution is 7.92. The van der Waals surface area contributed by atoms with Crippen LogP contribution in [0.25, 0.3) is 0 Å². The minimum Gasteiger partial charge on any atom is -0.363 e. The Kier molecular flexibility index (Phi) is 3.40. The fourth-order valence-electron chi connectivity index (χ4n) is 1.53. The Balaban J connectivity index is 2.51. The van der Waals surface area contributed by atoms with Gasteiger partial charge >= 0.3 is 5.69 Å². The van der Waals surface area contributed by atoms with E-state index in [0.717, 1.165) is 12.3 Å². The van der Waals surface area contributed by atoms with Crippen LogP contribution in [0.15, 0.2) is 33.9 Å². The van der Waals surface area contributed by atoms with Gasteiger partial charge in [0.05, 0.1) is 9.82 Å². The number of nitro groups is 1. The second kappa shape index (κ2) is 4.89. The van der Waals surface area contributed by atoms with Crippen molar-refractivity contribution in [2.75, 3.05) is 4.72 Å². The number of aryl methyl sites for hydroxylation is 1. The van der Waals surface area contributed by atoms with Crippen LogP contribution in [0.5, 0.6) is 0 Å². The van der Waals surface area contributed by atoms with Crippen molar-refractivity contribution in [3.05, 3.63) is 46.0 Å². The van der Waals surface area contributed by atoms with Gasteiger partial charge in [-0.05, 0) is 18.6 Å². The summed E-state index contributed by atoms with van der Waals surface area (Å²) in [6.07, 6.45) is 1.15. The van der Waals surface area contributed by atoms with Crippen molar-refractivity contribution < 1.29 is 22.3 Å². The summed E-state index contributed by atoms with van der Waals surface area (Å²) in [5.41, 5.74) is -0.889. The molecule has 0 atom stereocenters. The minimum absolute atomic E-state index is 0.0316. The standard InChI is InChI=1S/C10H8FN3O5S/c1-6-4-7(11)8(14(15)16)5-9(6)20(17,18)13-10-2-3-19-12-10/h2-5H,1H3,(H,12,13). The van der Waals surface area contributed by atoms with E-state index in [-0.39, 0.29) is 11.4 Å². The van der Waals surface area contributed by atoms with Gasteiger partial charge in [-0.2, -0.15) is 4.39 Å². The van der Waals surface area contributed by atoms with E-state index in [2.05, 4.69) is 14.4 Å². The molecule has 0 saturated heterocycles. The fraction of sp³-hybridized carbons (Fsp3) is 0.100. The molecule has 0 fully saturated rings. The second-order valence-electron chi connectivity index (χ2n) is 3.82. The lowest BCUT2D eigenvalue weighted by atomic mass is 10.2. The summed E-state index contributed by atoms with van der Waals surface area (Å²) in [5, 5.41) is 14.0. The maximum atomic E-state index is 13.4. The van der Waals surface area contributed by atoms with Crippen molar-refractivity contribution in [3.8, 4) is 0 Å². The lowest BCUT2D eigenvalue weighted by Crippen LogP contribution is -2.15. The van der Waals surface area contributed by atoms with E-state index in [4.69, 9.17) is 0 Å². The van der Waals surface area contributed by atoms with Gasteiger partial charge < -0.3 is 4.52 Å². The summed E-state index contributed by atoms with van der Waals surface area (Å²) in [6, 6.07) is 2.70. The Hall–Kier alpha value is -2.49. The van der Waals surface area contributed by atoms with Crippen LogP contribution in [0.2, 0.25) is 0 Å². The molecule has 1 aromatic carbocycles. The topological polar surface area (TPSA) is 115 Å². The maximum Gasteiger partial charge on any atom is 0.306 e. The van der Waals surface area contributed by atoms with E-state index in [1.165, 1.54) is 13.0 Å². The fourth-order valence-corrected chi connectivity index (χ4v) is 2.77.